The lowest BCUT2D eigenvalue weighted by Gasteiger charge is -2.06. The van der Waals surface area contributed by atoms with Gasteiger partial charge in [-0.15, -0.1) is 34.0 Å². The molecule has 0 spiro atoms. The Kier molecular flexibility index (Phi) is 4.00. The monoisotopic (exact) mass is 361 g/mol. The quantitative estimate of drug-likeness (QED) is 0.731. The van der Waals surface area contributed by atoms with Crippen molar-refractivity contribution in [1.29, 1.82) is 0 Å². The topological polar surface area (TPSA) is 54.9 Å². The van der Waals surface area contributed by atoms with E-state index in [4.69, 9.17) is 0 Å². The second kappa shape index (κ2) is 6.14. The number of anilines is 1. The fraction of sp³-hybridized carbons (Fsp3) is 0.312. The zero-order valence-electron chi connectivity index (χ0n) is 12.6. The Labute approximate surface area is 146 Å². The van der Waals surface area contributed by atoms with Crippen molar-refractivity contribution in [2.45, 2.75) is 32.6 Å². The molecule has 0 aliphatic heterocycles. The van der Waals surface area contributed by atoms with Crippen LogP contribution in [0, 0.1) is 6.92 Å². The molecule has 0 bridgehead atoms. The lowest BCUT2D eigenvalue weighted by Crippen LogP contribution is -2.11. The summed E-state index contributed by atoms with van der Waals surface area (Å²) in [6.45, 7) is 1.88. The highest BCUT2D eigenvalue weighted by Gasteiger charge is 2.20. The summed E-state index contributed by atoms with van der Waals surface area (Å²) in [4.78, 5) is 24.8. The number of rotatable bonds is 3. The van der Waals surface area contributed by atoms with E-state index in [-0.39, 0.29) is 5.91 Å². The Morgan fingerprint density at radius 3 is 2.87 bits per heavy atom. The molecule has 1 amide bonds. The minimum atomic E-state index is -0.103. The van der Waals surface area contributed by atoms with Crippen molar-refractivity contribution < 1.29 is 4.79 Å². The van der Waals surface area contributed by atoms with E-state index in [0.29, 0.717) is 10.0 Å². The van der Waals surface area contributed by atoms with Gasteiger partial charge >= 0.3 is 0 Å². The maximum atomic E-state index is 12.6. The number of aryl methyl sites for hydroxylation is 3. The molecule has 23 heavy (non-hydrogen) atoms. The van der Waals surface area contributed by atoms with Crippen molar-refractivity contribution in [3.05, 3.63) is 38.7 Å². The number of thiazole rings is 2. The van der Waals surface area contributed by atoms with Crippen molar-refractivity contribution in [2.75, 3.05) is 5.32 Å². The summed E-state index contributed by atoms with van der Waals surface area (Å²) >= 11 is 4.69. The van der Waals surface area contributed by atoms with Crippen LogP contribution in [0.5, 0.6) is 0 Å². The summed E-state index contributed by atoms with van der Waals surface area (Å²) in [7, 11) is 0. The van der Waals surface area contributed by atoms with Gasteiger partial charge in [0.25, 0.3) is 5.91 Å². The Balaban J connectivity index is 1.56. The van der Waals surface area contributed by atoms with E-state index in [1.54, 1.807) is 22.7 Å². The predicted molar refractivity (Wildman–Crippen MR) is 96.9 cm³/mol. The molecule has 1 aliphatic rings. The SMILES string of the molecule is Cc1nc(-c2cccs2)sc1C(=O)Nc1nc2c(s1)CCCC2. The van der Waals surface area contributed by atoms with Crippen LogP contribution in [0.4, 0.5) is 5.13 Å². The molecular weight excluding hydrogens is 346 g/mol. The number of thiophene rings is 1. The van der Waals surface area contributed by atoms with E-state index in [9.17, 15) is 4.79 Å². The first-order chi connectivity index (χ1) is 11.2. The first-order valence-corrected chi connectivity index (χ1v) is 10.0. The summed E-state index contributed by atoms with van der Waals surface area (Å²) in [6, 6.07) is 4.02. The molecule has 0 aromatic carbocycles. The van der Waals surface area contributed by atoms with Crippen molar-refractivity contribution in [3.63, 3.8) is 0 Å². The molecule has 0 fully saturated rings. The minimum absolute atomic E-state index is 0.103. The largest absolute Gasteiger partial charge is 0.297 e. The third kappa shape index (κ3) is 2.96. The van der Waals surface area contributed by atoms with Crippen molar-refractivity contribution in [2.24, 2.45) is 0 Å². The van der Waals surface area contributed by atoms with Crippen LogP contribution in [0.2, 0.25) is 0 Å². The first-order valence-electron chi connectivity index (χ1n) is 7.52. The number of hydrogen-bond donors (Lipinski definition) is 1. The van der Waals surface area contributed by atoms with Crippen LogP contribution >= 0.6 is 34.0 Å². The van der Waals surface area contributed by atoms with E-state index in [0.717, 1.165) is 34.1 Å². The second-order valence-corrected chi connectivity index (χ2v) is 8.49. The maximum Gasteiger partial charge on any atom is 0.269 e. The summed E-state index contributed by atoms with van der Waals surface area (Å²) in [5.74, 6) is -0.103. The Morgan fingerprint density at radius 1 is 1.22 bits per heavy atom. The van der Waals surface area contributed by atoms with E-state index in [1.807, 2.05) is 24.4 Å². The zero-order valence-corrected chi connectivity index (χ0v) is 15.0. The van der Waals surface area contributed by atoms with Crippen LogP contribution in [0.1, 0.15) is 38.8 Å². The fourth-order valence-corrected chi connectivity index (χ4v) is 5.48. The van der Waals surface area contributed by atoms with Gasteiger partial charge in [-0.25, -0.2) is 9.97 Å². The molecule has 4 rings (SSSR count). The molecule has 3 heterocycles. The molecule has 0 atom stereocenters. The molecule has 0 radical (unpaired) electrons. The van der Waals surface area contributed by atoms with Crippen LogP contribution in [-0.4, -0.2) is 15.9 Å². The molecule has 1 N–H and O–H groups in total. The molecule has 0 unspecified atom stereocenters. The molecule has 1 aliphatic carbocycles. The maximum absolute atomic E-state index is 12.6. The molecule has 7 heteroatoms. The lowest BCUT2D eigenvalue weighted by molar-refractivity contribution is 0.103. The van der Waals surface area contributed by atoms with Gasteiger partial charge in [0.15, 0.2) is 5.13 Å². The molecule has 4 nitrogen and oxygen atoms in total. The van der Waals surface area contributed by atoms with E-state index < -0.39 is 0 Å². The molecule has 118 valence electrons. The molecule has 3 aromatic rings. The Morgan fingerprint density at radius 2 is 2.09 bits per heavy atom. The van der Waals surface area contributed by atoms with Gasteiger partial charge in [0.1, 0.15) is 9.88 Å². The smallest absolute Gasteiger partial charge is 0.269 e. The average molecular weight is 362 g/mol. The number of nitrogens with one attached hydrogen (secondary N) is 1. The minimum Gasteiger partial charge on any atom is -0.297 e. The molecular formula is C16H15N3OS3. The number of aromatic nitrogens is 2. The van der Waals surface area contributed by atoms with Crippen molar-refractivity contribution in [3.8, 4) is 9.88 Å². The van der Waals surface area contributed by atoms with Crippen LogP contribution in [0.25, 0.3) is 9.88 Å². The first kappa shape index (κ1) is 15.0. The van der Waals surface area contributed by atoms with Crippen LogP contribution in [0.3, 0.4) is 0 Å². The summed E-state index contributed by atoms with van der Waals surface area (Å²) in [5.41, 5.74) is 1.94. The number of nitrogens with zero attached hydrogens (tertiary/aromatic N) is 2. The van der Waals surface area contributed by atoms with Gasteiger partial charge in [-0.2, -0.15) is 0 Å². The van der Waals surface area contributed by atoms with Gasteiger partial charge < -0.3 is 0 Å². The highest BCUT2D eigenvalue weighted by molar-refractivity contribution is 7.22. The summed E-state index contributed by atoms with van der Waals surface area (Å²) < 4.78 is 0. The number of carbonyl (C=O) groups is 1. The van der Waals surface area contributed by atoms with E-state index in [2.05, 4.69) is 15.3 Å². The molecule has 0 saturated carbocycles. The highest BCUT2D eigenvalue weighted by atomic mass is 32.1. The number of hydrogen-bond acceptors (Lipinski definition) is 6. The van der Waals surface area contributed by atoms with Crippen LogP contribution < -0.4 is 5.32 Å². The highest BCUT2D eigenvalue weighted by Crippen LogP contribution is 2.33. The second-order valence-electron chi connectivity index (χ2n) is 5.46. The van der Waals surface area contributed by atoms with Crippen molar-refractivity contribution in [1.82, 2.24) is 9.97 Å². The van der Waals surface area contributed by atoms with Gasteiger partial charge in [0, 0.05) is 4.88 Å². The number of fused-ring (bicyclic) bond motifs is 1. The van der Waals surface area contributed by atoms with Gasteiger partial charge in [0.2, 0.25) is 0 Å². The van der Waals surface area contributed by atoms with Crippen LogP contribution in [0.15, 0.2) is 17.5 Å². The fourth-order valence-electron chi connectivity index (χ4n) is 2.67. The van der Waals surface area contributed by atoms with Gasteiger partial charge in [-0.3, -0.25) is 10.1 Å². The van der Waals surface area contributed by atoms with Gasteiger partial charge in [-0.1, -0.05) is 6.07 Å². The number of carbonyl (C=O) groups excluding carboxylic acids is 1. The normalized spacial score (nSPS) is 13.8. The van der Waals surface area contributed by atoms with E-state index in [1.165, 1.54) is 29.1 Å². The van der Waals surface area contributed by atoms with Crippen LogP contribution in [-0.2, 0) is 12.8 Å². The zero-order chi connectivity index (χ0) is 15.8. The Bertz CT molecular complexity index is 825. The third-order valence-electron chi connectivity index (χ3n) is 3.80. The molecule has 0 saturated heterocycles. The average Bonchev–Trinajstić information content (AvgIpc) is 3.25. The van der Waals surface area contributed by atoms with E-state index >= 15 is 0 Å². The van der Waals surface area contributed by atoms with Gasteiger partial charge in [-0.05, 0) is 44.1 Å². The summed E-state index contributed by atoms with van der Waals surface area (Å²) in [5, 5.41) is 6.60. The third-order valence-corrected chi connectivity index (χ3v) is 7.07. The molecule has 3 aromatic heterocycles. The standard InChI is InChI=1S/C16H15N3OS3/c1-9-13(23-15(17-9)12-7-4-8-21-12)14(20)19-16-18-10-5-2-3-6-11(10)22-16/h4,7-8H,2-3,5-6H2,1H3,(H,18,19,20). The lowest BCUT2D eigenvalue weighted by atomic mass is 10.0. The predicted octanol–water partition coefficient (Wildman–Crippen LogP) is 4.77. The Hall–Kier alpha value is -1.57. The number of amides is 1. The van der Waals surface area contributed by atoms with Gasteiger partial charge in [0.05, 0.1) is 16.3 Å². The van der Waals surface area contributed by atoms with Crippen molar-refractivity contribution >= 4 is 45.0 Å². The summed E-state index contributed by atoms with van der Waals surface area (Å²) in [6.07, 6.45) is 4.54.